The summed E-state index contributed by atoms with van der Waals surface area (Å²) < 4.78 is 5.32. The molecule has 0 spiro atoms. The Bertz CT molecular complexity index is 304. The van der Waals surface area contributed by atoms with Crippen molar-refractivity contribution in [2.45, 2.75) is 6.42 Å². The molecule has 1 saturated carbocycles. The molecule has 0 aromatic rings. The number of hydrogen-bond donors (Lipinski definition) is 1. The molecule has 90 valence electrons. The normalized spacial score (nSPS) is 38.5. The van der Waals surface area contributed by atoms with Crippen LogP contribution >= 0.6 is 0 Å². The first-order valence-corrected chi connectivity index (χ1v) is 5.98. The second kappa shape index (κ2) is 3.60. The van der Waals surface area contributed by atoms with Gasteiger partial charge in [0.05, 0.1) is 13.2 Å². The van der Waals surface area contributed by atoms with Gasteiger partial charge in [0.2, 0.25) is 0 Å². The Balaban J connectivity index is 1.57. The lowest BCUT2D eigenvalue weighted by molar-refractivity contribution is 0.0274. The van der Waals surface area contributed by atoms with Crippen LogP contribution in [0.1, 0.15) is 6.42 Å². The van der Waals surface area contributed by atoms with Gasteiger partial charge >= 0.3 is 6.09 Å². The molecule has 5 nitrogen and oxygen atoms in total. The number of carboxylic acid groups (broad SMARTS) is 1. The van der Waals surface area contributed by atoms with Gasteiger partial charge in [-0.25, -0.2) is 4.79 Å². The topological polar surface area (TPSA) is 53.0 Å². The molecule has 3 aliphatic rings. The number of ether oxygens (including phenoxy) is 1. The smallest absolute Gasteiger partial charge is 0.407 e. The lowest BCUT2D eigenvalue weighted by Gasteiger charge is -2.30. The largest absolute Gasteiger partial charge is 0.465 e. The maximum absolute atomic E-state index is 10.9. The molecule has 2 saturated heterocycles. The first-order valence-electron chi connectivity index (χ1n) is 5.98. The highest BCUT2D eigenvalue weighted by molar-refractivity contribution is 5.66. The van der Waals surface area contributed by atoms with E-state index in [0.717, 1.165) is 45.9 Å². The molecule has 2 heterocycles. The molecule has 2 unspecified atom stereocenters. The van der Waals surface area contributed by atoms with Crippen LogP contribution in [0.15, 0.2) is 0 Å². The Hall–Kier alpha value is -0.810. The number of carbonyl (C=O) groups is 1. The predicted octanol–water partition coefficient (Wildman–Crippen LogP) is 0.319. The van der Waals surface area contributed by atoms with Crippen molar-refractivity contribution in [1.29, 1.82) is 0 Å². The van der Waals surface area contributed by atoms with Crippen LogP contribution < -0.4 is 0 Å². The SMILES string of the molecule is O=C(O)N1CC2CC2(CN2CCOCC2)C1. The highest BCUT2D eigenvalue weighted by Gasteiger charge is 2.61. The van der Waals surface area contributed by atoms with Gasteiger partial charge in [-0.15, -0.1) is 0 Å². The lowest BCUT2D eigenvalue weighted by atomic mass is 10.1. The Kier molecular flexibility index (Phi) is 2.33. The number of rotatable bonds is 2. The fraction of sp³-hybridized carbons (Fsp3) is 0.909. The number of morpholine rings is 1. The second-order valence-electron chi connectivity index (χ2n) is 5.32. The summed E-state index contributed by atoms with van der Waals surface area (Å²) in [6.07, 6.45) is 0.460. The van der Waals surface area contributed by atoms with Crippen LogP contribution in [-0.4, -0.2) is 66.9 Å². The molecule has 5 heteroatoms. The molecule has 1 aliphatic carbocycles. The third-order valence-electron chi connectivity index (χ3n) is 4.22. The van der Waals surface area contributed by atoms with Gasteiger partial charge in [0, 0.05) is 38.1 Å². The molecule has 1 N–H and O–H groups in total. The van der Waals surface area contributed by atoms with Gasteiger partial charge in [-0.3, -0.25) is 4.90 Å². The van der Waals surface area contributed by atoms with Gasteiger partial charge < -0.3 is 14.7 Å². The van der Waals surface area contributed by atoms with Crippen molar-refractivity contribution < 1.29 is 14.6 Å². The Morgan fingerprint density at radius 1 is 1.44 bits per heavy atom. The highest BCUT2D eigenvalue weighted by Crippen LogP contribution is 2.58. The molecule has 0 aromatic carbocycles. The summed E-state index contributed by atoms with van der Waals surface area (Å²) in [5.74, 6) is 0.617. The number of likely N-dealkylation sites (tertiary alicyclic amines) is 1. The van der Waals surface area contributed by atoms with Gasteiger partial charge in [-0.05, 0) is 12.3 Å². The molecule has 1 amide bonds. The van der Waals surface area contributed by atoms with Crippen LogP contribution in [-0.2, 0) is 4.74 Å². The standard InChI is InChI=1S/C11H18N2O3/c14-10(15)13-6-9-5-11(9,8-13)7-12-1-3-16-4-2-12/h9H,1-8H2,(H,14,15). The van der Waals surface area contributed by atoms with Crippen molar-refractivity contribution in [3.05, 3.63) is 0 Å². The number of amides is 1. The van der Waals surface area contributed by atoms with Crippen molar-refractivity contribution in [3.63, 3.8) is 0 Å². The molecule has 3 fully saturated rings. The zero-order valence-electron chi connectivity index (χ0n) is 9.39. The molecule has 16 heavy (non-hydrogen) atoms. The second-order valence-corrected chi connectivity index (χ2v) is 5.32. The maximum atomic E-state index is 10.9. The highest BCUT2D eigenvalue weighted by atomic mass is 16.5. The Labute approximate surface area is 95.0 Å². The van der Waals surface area contributed by atoms with E-state index in [9.17, 15) is 4.79 Å². The molecule has 0 radical (unpaired) electrons. The van der Waals surface area contributed by atoms with Crippen LogP contribution in [0.2, 0.25) is 0 Å². The van der Waals surface area contributed by atoms with E-state index in [0.29, 0.717) is 5.92 Å². The third-order valence-corrected chi connectivity index (χ3v) is 4.22. The van der Waals surface area contributed by atoms with Gasteiger partial charge in [0.1, 0.15) is 0 Å². The van der Waals surface area contributed by atoms with Crippen molar-refractivity contribution in [2.24, 2.45) is 11.3 Å². The molecular weight excluding hydrogens is 208 g/mol. The first kappa shape index (κ1) is 10.4. The Morgan fingerprint density at radius 3 is 2.81 bits per heavy atom. The minimum atomic E-state index is -0.756. The van der Waals surface area contributed by atoms with Gasteiger partial charge in [-0.1, -0.05) is 0 Å². The summed E-state index contributed by atoms with van der Waals surface area (Å²) in [6, 6.07) is 0. The van der Waals surface area contributed by atoms with E-state index < -0.39 is 6.09 Å². The van der Waals surface area contributed by atoms with Gasteiger partial charge in [0.15, 0.2) is 0 Å². The molecule has 2 atom stereocenters. The van der Waals surface area contributed by atoms with E-state index in [-0.39, 0.29) is 5.41 Å². The fourth-order valence-electron chi connectivity index (χ4n) is 3.19. The van der Waals surface area contributed by atoms with Crippen molar-refractivity contribution in [1.82, 2.24) is 9.80 Å². The molecule has 0 bridgehead atoms. The summed E-state index contributed by atoms with van der Waals surface area (Å²) in [7, 11) is 0. The monoisotopic (exact) mass is 226 g/mol. The van der Waals surface area contributed by atoms with E-state index >= 15 is 0 Å². The third kappa shape index (κ3) is 1.68. The number of fused-ring (bicyclic) bond motifs is 1. The first-order chi connectivity index (χ1) is 7.70. The number of nitrogens with zero attached hydrogens (tertiary/aromatic N) is 2. The molecule has 3 rings (SSSR count). The molecule has 0 aromatic heterocycles. The maximum Gasteiger partial charge on any atom is 0.407 e. The summed E-state index contributed by atoms with van der Waals surface area (Å²) in [5, 5.41) is 8.96. The lowest BCUT2D eigenvalue weighted by Crippen LogP contribution is -2.42. The van der Waals surface area contributed by atoms with Gasteiger partial charge in [0.25, 0.3) is 0 Å². The predicted molar refractivity (Wildman–Crippen MR) is 57.4 cm³/mol. The molecule has 2 aliphatic heterocycles. The van der Waals surface area contributed by atoms with Crippen molar-refractivity contribution in [2.75, 3.05) is 45.9 Å². The van der Waals surface area contributed by atoms with Crippen LogP contribution in [0.5, 0.6) is 0 Å². The van der Waals surface area contributed by atoms with E-state index in [1.807, 2.05) is 0 Å². The number of piperidine rings is 1. The van der Waals surface area contributed by atoms with Crippen LogP contribution in [0.25, 0.3) is 0 Å². The van der Waals surface area contributed by atoms with Crippen molar-refractivity contribution in [3.8, 4) is 0 Å². The van der Waals surface area contributed by atoms with E-state index in [1.165, 1.54) is 6.42 Å². The summed E-state index contributed by atoms with van der Waals surface area (Å²) in [5.41, 5.74) is 0.287. The average molecular weight is 226 g/mol. The van der Waals surface area contributed by atoms with E-state index in [1.54, 1.807) is 4.90 Å². The van der Waals surface area contributed by atoms with E-state index in [4.69, 9.17) is 9.84 Å². The quantitative estimate of drug-likeness (QED) is 0.736. The van der Waals surface area contributed by atoms with E-state index in [2.05, 4.69) is 4.90 Å². The van der Waals surface area contributed by atoms with Crippen LogP contribution in [0.3, 0.4) is 0 Å². The average Bonchev–Trinajstić information content (AvgIpc) is 2.81. The van der Waals surface area contributed by atoms with Gasteiger partial charge in [-0.2, -0.15) is 0 Å². The minimum Gasteiger partial charge on any atom is -0.465 e. The summed E-state index contributed by atoms with van der Waals surface area (Å²) >= 11 is 0. The fourth-order valence-corrected chi connectivity index (χ4v) is 3.19. The van der Waals surface area contributed by atoms with Crippen molar-refractivity contribution >= 4 is 6.09 Å². The zero-order valence-corrected chi connectivity index (χ0v) is 9.39. The van der Waals surface area contributed by atoms with Crippen LogP contribution in [0, 0.1) is 11.3 Å². The number of hydrogen-bond acceptors (Lipinski definition) is 3. The summed E-state index contributed by atoms with van der Waals surface area (Å²) in [6.45, 7) is 6.20. The zero-order chi connectivity index (χ0) is 11.2. The summed E-state index contributed by atoms with van der Waals surface area (Å²) in [4.78, 5) is 14.9. The molecular formula is C11H18N2O3. The minimum absolute atomic E-state index is 0.287. The van der Waals surface area contributed by atoms with Crippen LogP contribution in [0.4, 0.5) is 4.79 Å². The Morgan fingerprint density at radius 2 is 2.19 bits per heavy atom.